The summed E-state index contributed by atoms with van der Waals surface area (Å²) >= 11 is 0. The van der Waals surface area contributed by atoms with Crippen molar-refractivity contribution in [3.63, 3.8) is 0 Å². The average Bonchev–Trinajstić information content (AvgIpc) is 2.33. The van der Waals surface area contributed by atoms with Gasteiger partial charge in [-0.05, 0) is 40.1 Å². The van der Waals surface area contributed by atoms with Crippen LogP contribution in [-0.2, 0) is 0 Å². The zero-order chi connectivity index (χ0) is 12.3. The molecule has 0 amide bonds. The molecule has 0 N–H and O–H groups in total. The Balaban J connectivity index is 2.60. The second-order valence-corrected chi connectivity index (χ2v) is 4.13. The molecule has 0 nitrogen and oxygen atoms in total. The molecule has 0 heterocycles. The van der Waals surface area contributed by atoms with Crippen LogP contribution in [0.1, 0.15) is 5.56 Å². The minimum atomic E-state index is 1.03. The first-order valence-corrected chi connectivity index (χ1v) is 5.70. The van der Waals surface area contributed by atoms with E-state index in [1.54, 1.807) is 6.08 Å². The number of hydrogen-bond acceptors (Lipinski definition) is 0. The summed E-state index contributed by atoms with van der Waals surface area (Å²) < 4.78 is 0. The lowest BCUT2D eigenvalue weighted by atomic mass is 10.00. The SMILES string of the molecule is C=C/C=c1/ccc(-c2ccccc2C)cc1=C. The molecule has 0 aliphatic rings. The molecule has 84 valence electrons. The van der Waals surface area contributed by atoms with Gasteiger partial charge in [-0.3, -0.25) is 0 Å². The van der Waals surface area contributed by atoms with Crippen LogP contribution < -0.4 is 10.4 Å². The highest BCUT2D eigenvalue weighted by Crippen LogP contribution is 2.20. The molecule has 0 radical (unpaired) electrons. The van der Waals surface area contributed by atoms with Crippen LogP contribution in [-0.4, -0.2) is 0 Å². The topological polar surface area (TPSA) is 0 Å². The van der Waals surface area contributed by atoms with Crippen molar-refractivity contribution in [2.75, 3.05) is 0 Å². The molecule has 2 rings (SSSR count). The van der Waals surface area contributed by atoms with E-state index in [2.05, 4.69) is 62.5 Å². The van der Waals surface area contributed by atoms with Gasteiger partial charge in [-0.15, -0.1) is 0 Å². The van der Waals surface area contributed by atoms with Gasteiger partial charge >= 0.3 is 0 Å². The highest BCUT2D eigenvalue weighted by Gasteiger charge is 1.99. The lowest BCUT2D eigenvalue weighted by Gasteiger charge is -2.05. The Kier molecular flexibility index (Phi) is 3.24. The van der Waals surface area contributed by atoms with Gasteiger partial charge in [0.2, 0.25) is 0 Å². The third-order valence-electron chi connectivity index (χ3n) is 2.90. The first-order valence-electron chi connectivity index (χ1n) is 5.70. The maximum absolute atomic E-state index is 4.08. The number of allylic oxidation sites excluding steroid dienone is 1. The molecule has 2 aromatic carbocycles. The van der Waals surface area contributed by atoms with E-state index in [9.17, 15) is 0 Å². The Morgan fingerprint density at radius 1 is 1.06 bits per heavy atom. The van der Waals surface area contributed by atoms with Crippen molar-refractivity contribution in [2.24, 2.45) is 0 Å². The van der Waals surface area contributed by atoms with E-state index in [4.69, 9.17) is 0 Å². The van der Waals surface area contributed by atoms with Crippen molar-refractivity contribution in [1.82, 2.24) is 0 Å². The Morgan fingerprint density at radius 2 is 1.82 bits per heavy atom. The average molecular weight is 220 g/mol. The van der Waals surface area contributed by atoms with Gasteiger partial charge in [-0.2, -0.15) is 0 Å². The Morgan fingerprint density at radius 3 is 2.47 bits per heavy atom. The largest absolute Gasteiger partial charge is 0.0990 e. The number of benzene rings is 2. The third kappa shape index (κ3) is 2.36. The predicted molar refractivity (Wildman–Crippen MR) is 76.0 cm³/mol. The van der Waals surface area contributed by atoms with Crippen molar-refractivity contribution in [1.29, 1.82) is 0 Å². The molecule has 0 aromatic heterocycles. The lowest BCUT2D eigenvalue weighted by molar-refractivity contribution is 1.44. The standard InChI is InChI=1S/C17H16/c1-4-7-15-10-11-16(12-14(15)3)17-9-6-5-8-13(17)2/h4-12H,1,3H2,2H3/b15-7-. The zero-order valence-corrected chi connectivity index (χ0v) is 10.1. The summed E-state index contributed by atoms with van der Waals surface area (Å²) in [4.78, 5) is 0. The second-order valence-electron chi connectivity index (χ2n) is 4.13. The molecular formula is C17H16. The molecule has 0 spiro atoms. The molecule has 0 aliphatic heterocycles. The van der Waals surface area contributed by atoms with Crippen molar-refractivity contribution in [3.8, 4) is 11.1 Å². The summed E-state index contributed by atoms with van der Waals surface area (Å²) in [5, 5.41) is 2.16. The fourth-order valence-electron chi connectivity index (χ4n) is 1.96. The van der Waals surface area contributed by atoms with Crippen molar-refractivity contribution < 1.29 is 0 Å². The van der Waals surface area contributed by atoms with Gasteiger partial charge in [0.25, 0.3) is 0 Å². The van der Waals surface area contributed by atoms with Crippen LogP contribution in [0.5, 0.6) is 0 Å². The maximum atomic E-state index is 4.08. The first kappa shape index (κ1) is 11.4. The Hall–Kier alpha value is -2.08. The van der Waals surface area contributed by atoms with Gasteiger partial charge in [-0.25, -0.2) is 0 Å². The quantitative estimate of drug-likeness (QED) is 0.729. The summed E-state index contributed by atoms with van der Waals surface area (Å²) in [6.07, 6.45) is 3.77. The summed E-state index contributed by atoms with van der Waals surface area (Å²) in [5.41, 5.74) is 3.77. The van der Waals surface area contributed by atoms with Crippen LogP contribution in [0.3, 0.4) is 0 Å². The minimum Gasteiger partial charge on any atom is -0.0990 e. The third-order valence-corrected chi connectivity index (χ3v) is 2.90. The number of rotatable bonds is 2. The molecule has 0 atom stereocenters. The summed E-state index contributed by atoms with van der Waals surface area (Å²) in [7, 11) is 0. The molecule has 0 heteroatoms. The van der Waals surface area contributed by atoms with E-state index in [1.807, 2.05) is 6.08 Å². The second kappa shape index (κ2) is 4.84. The van der Waals surface area contributed by atoms with Gasteiger partial charge < -0.3 is 0 Å². The monoisotopic (exact) mass is 220 g/mol. The Labute approximate surface area is 102 Å². The van der Waals surface area contributed by atoms with Gasteiger partial charge in [0.1, 0.15) is 0 Å². The Bertz CT molecular complexity index is 648. The highest BCUT2D eigenvalue weighted by atomic mass is 14.0. The summed E-state index contributed by atoms with van der Waals surface area (Å²) in [6, 6.07) is 14.7. The minimum absolute atomic E-state index is 1.03. The van der Waals surface area contributed by atoms with Crippen LogP contribution in [0, 0.1) is 6.92 Å². The van der Waals surface area contributed by atoms with E-state index in [0.717, 1.165) is 10.4 Å². The van der Waals surface area contributed by atoms with Crippen LogP contribution in [0.2, 0.25) is 0 Å². The molecule has 0 saturated carbocycles. The summed E-state index contributed by atoms with van der Waals surface area (Å²) in [6.45, 7) is 9.91. The van der Waals surface area contributed by atoms with Crippen molar-refractivity contribution in [3.05, 3.63) is 71.1 Å². The highest BCUT2D eigenvalue weighted by molar-refractivity contribution is 5.67. The molecule has 0 bridgehead atoms. The smallest absolute Gasteiger partial charge is 0.0155 e. The lowest BCUT2D eigenvalue weighted by Crippen LogP contribution is -2.22. The van der Waals surface area contributed by atoms with E-state index in [-0.39, 0.29) is 0 Å². The van der Waals surface area contributed by atoms with Gasteiger partial charge in [0.05, 0.1) is 0 Å². The van der Waals surface area contributed by atoms with Crippen LogP contribution in [0.4, 0.5) is 0 Å². The van der Waals surface area contributed by atoms with E-state index in [1.165, 1.54) is 16.7 Å². The van der Waals surface area contributed by atoms with E-state index in [0.29, 0.717) is 0 Å². The number of aryl methyl sites for hydroxylation is 1. The molecule has 0 fully saturated rings. The molecule has 17 heavy (non-hydrogen) atoms. The molecule has 0 aliphatic carbocycles. The van der Waals surface area contributed by atoms with Gasteiger partial charge in [-0.1, -0.05) is 61.7 Å². The van der Waals surface area contributed by atoms with E-state index >= 15 is 0 Å². The molecule has 0 unspecified atom stereocenters. The molecular weight excluding hydrogens is 204 g/mol. The number of hydrogen-bond donors (Lipinski definition) is 0. The molecule has 0 saturated heterocycles. The van der Waals surface area contributed by atoms with Crippen LogP contribution in [0.15, 0.2) is 55.1 Å². The maximum Gasteiger partial charge on any atom is -0.0155 e. The first-order chi connectivity index (χ1) is 8.22. The van der Waals surface area contributed by atoms with Crippen LogP contribution >= 0.6 is 0 Å². The van der Waals surface area contributed by atoms with Gasteiger partial charge in [0.15, 0.2) is 0 Å². The fraction of sp³-hybridized carbons (Fsp3) is 0.0588. The summed E-state index contributed by atoms with van der Waals surface area (Å²) in [5.74, 6) is 0. The fourth-order valence-corrected chi connectivity index (χ4v) is 1.96. The van der Waals surface area contributed by atoms with E-state index < -0.39 is 0 Å². The van der Waals surface area contributed by atoms with Gasteiger partial charge in [0, 0.05) is 0 Å². The zero-order valence-electron chi connectivity index (χ0n) is 10.1. The van der Waals surface area contributed by atoms with Crippen LogP contribution in [0.25, 0.3) is 23.8 Å². The van der Waals surface area contributed by atoms with Crippen molar-refractivity contribution in [2.45, 2.75) is 6.92 Å². The predicted octanol–water partition coefficient (Wildman–Crippen LogP) is 3.04. The van der Waals surface area contributed by atoms with Crippen molar-refractivity contribution >= 4 is 12.7 Å². The normalized spacial score (nSPS) is 11.5. The molecule has 2 aromatic rings.